The van der Waals surface area contributed by atoms with Crippen LogP contribution in [0.3, 0.4) is 0 Å². The molecule has 0 saturated heterocycles. The molecule has 1 aromatic heterocycles. The van der Waals surface area contributed by atoms with Crippen LogP contribution in [0, 0.1) is 11.6 Å². The second-order valence-corrected chi connectivity index (χ2v) is 6.90. The van der Waals surface area contributed by atoms with E-state index < -0.39 is 23.4 Å². The van der Waals surface area contributed by atoms with Crippen molar-refractivity contribution in [2.75, 3.05) is 11.9 Å². The van der Waals surface area contributed by atoms with Crippen molar-refractivity contribution in [3.63, 3.8) is 0 Å². The number of benzene rings is 3. The Morgan fingerprint density at radius 3 is 2.03 bits per heavy atom. The number of nitrogens with zero attached hydrogens (tertiary/aromatic N) is 1. The SMILES string of the molecule is O=C(Cn1c2ccccc2c(=O)c2ccccc21)NCC(=O)Nc1ccc(F)c(F)c1. The monoisotopic (exact) mass is 421 g/mol. The molecule has 0 spiro atoms. The second kappa shape index (κ2) is 8.35. The van der Waals surface area contributed by atoms with Crippen molar-refractivity contribution in [3.05, 3.63) is 88.6 Å². The van der Waals surface area contributed by atoms with Crippen LogP contribution in [0.15, 0.2) is 71.5 Å². The van der Waals surface area contributed by atoms with Gasteiger partial charge in [0.2, 0.25) is 11.8 Å². The summed E-state index contributed by atoms with van der Waals surface area (Å²) in [5.74, 6) is -3.14. The molecule has 3 aromatic carbocycles. The summed E-state index contributed by atoms with van der Waals surface area (Å²) in [6.07, 6.45) is 0. The third-order valence-electron chi connectivity index (χ3n) is 4.83. The molecule has 1 heterocycles. The van der Waals surface area contributed by atoms with Crippen molar-refractivity contribution in [3.8, 4) is 0 Å². The van der Waals surface area contributed by atoms with Gasteiger partial charge in [-0.25, -0.2) is 8.78 Å². The maximum atomic E-state index is 13.2. The predicted octanol–water partition coefficient (Wildman–Crippen LogP) is 3.19. The summed E-state index contributed by atoms with van der Waals surface area (Å²) >= 11 is 0. The van der Waals surface area contributed by atoms with E-state index in [1.807, 2.05) is 0 Å². The van der Waals surface area contributed by atoms with Gasteiger partial charge in [-0.15, -0.1) is 0 Å². The number of anilines is 1. The van der Waals surface area contributed by atoms with Gasteiger partial charge in [-0.1, -0.05) is 24.3 Å². The molecular formula is C23H17F2N3O3. The summed E-state index contributed by atoms with van der Waals surface area (Å²) in [5, 5.41) is 5.87. The van der Waals surface area contributed by atoms with Crippen LogP contribution in [-0.4, -0.2) is 22.9 Å². The lowest BCUT2D eigenvalue weighted by Gasteiger charge is -2.15. The summed E-state index contributed by atoms with van der Waals surface area (Å²) in [4.78, 5) is 37.3. The fraction of sp³-hybridized carbons (Fsp3) is 0.0870. The maximum Gasteiger partial charge on any atom is 0.243 e. The van der Waals surface area contributed by atoms with Gasteiger partial charge in [-0.2, -0.15) is 0 Å². The first-order valence-corrected chi connectivity index (χ1v) is 9.46. The topological polar surface area (TPSA) is 80.2 Å². The van der Waals surface area contributed by atoms with E-state index in [1.165, 1.54) is 6.07 Å². The zero-order chi connectivity index (χ0) is 22.0. The molecule has 0 bridgehead atoms. The number of hydrogen-bond donors (Lipinski definition) is 2. The van der Waals surface area contributed by atoms with E-state index in [-0.39, 0.29) is 24.2 Å². The standard InChI is InChI=1S/C23H17F2N3O3/c24-17-10-9-14(11-18(17)25)27-21(29)12-26-22(30)13-28-19-7-3-1-5-15(19)23(31)16-6-2-4-8-20(16)28/h1-11H,12-13H2,(H,26,30)(H,27,29). The number of rotatable bonds is 5. The van der Waals surface area contributed by atoms with E-state index in [9.17, 15) is 23.2 Å². The van der Waals surface area contributed by atoms with Crippen LogP contribution in [0.25, 0.3) is 21.8 Å². The average Bonchev–Trinajstić information content (AvgIpc) is 2.78. The molecule has 31 heavy (non-hydrogen) atoms. The van der Waals surface area contributed by atoms with Crippen molar-refractivity contribution in [1.82, 2.24) is 9.88 Å². The minimum absolute atomic E-state index is 0.0792. The normalized spacial score (nSPS) is 10.9. The summed E-state index contributed by atoms with van der Waals surface area (Å²) in [7, 11) is 0. The Bertz CT molecular complexity index is 1320. The van der Waals surface area contributed by atoms with Crippen LogP contribution in [0.4, 0.5) is 14.5 Å². The largest absolute Gasteiger partial charge is 0.345 e. The first-order chi connectivity index (χ1) is 14.9. The second-order valence-electron chi connectivity index (χ2n) is 6.90. The molecular weight excluding hydrogens is 404 g/mol. The highest BCUT2D eigenvalue weighted by molar-refractivity contribution is 5.96. The van der Waals surface area contributed by atoms with E-state index in [0.29, 0.717) is 21.8 Å². The number of fused-ring (bicyclic) bond motifs is 2. The van der Waals surface area contributed by atoms with Gasteiger partial charge in [-0.05, 0) is 36.4 Å². The van der Waals surface area contributed by atoms with Gasteiger partial charge in [0.15, 0.2) is 17.1 Å². The van der Waals surface area contributed by atoms with Gasteiger partial charge >= 0.3 is 0 Å². The number of carbonyl (C=O) groups excluding carboxylic acids is 2. The number of nitrogens with one attached hydrogen (secondary N) is 2. The van der Waals surface area contributed by atoms with Crippen LogP contribution in [0.2, 0.25) is 0 Å². The zero-order valence-electron chi connectivity index (χ0n) is 16.2. The lowest BCUT2D eigenvalue weighted by molar-refractivity contribution is -0.124. The third-order valence-corrected chi connectivity index (χ3v) is 4.83. The quantitative estimate of drug-likeness (QED) is 0.486. The molecule has 8 heteroatoms. The van der Waals surface area contributed by atoms with Crippen LogP contribution in [-0.2, 0) is 16.1 Å². The van der Waals surface area contributed by atoms with Crippen LogP contribution in [0.1, 0.15) is 0 Å². The molecule has 0 fully saturated rings. The average molecular weight is 421 g/mol. The fourth-order valence-electron chi connectivity index (χ4n) is 3.40. The zero-order valence-corrected chi connectivity index (χ0v) is 16.2. The fourth-order valence-corrected chi connectivity index (χ4v) is 3.40. The molecule has 2 amide bonds. The lowest BCUT2D eigenvalue weighted by Crippen LogP contribution is -2.35. The number of hydrogen-bond acceptors (Lipinski definition) is 3. The molecule has 0 saturated carbocycles. The lowest BCUT2D eigenvalue weighted by atomic mass is 10.1. The highest BCUT2D eigenvalue weighted by atomic mass is 19.2. The molecule has 0 radical (unpaired) electrons. The predicted molar refractivity (Wildman–Crippen MR) is 114 cm³/mol. The van der Waals surface area contributed by atoms with Gasteiger partial charge in [0.1, 0.15) is 6.54 Å². The third kappa shape index (κ3) is 4.13. The number of carbonyl (C=O) groups is 2. The minimum atomic E-state index is -1.08. The smallest absolute Gasteiger partial charge is 0.243 e. The number of amides is 2. The molecule has 0 atom stereocenters. The van der Waals surface area contributed by atoms with E-state index in [4.69, 9.17) is 0 Å². The van der Waals surface area contributed by atoms with E-state index in [2.05, 4.69) is 10.6 Å². The molecule has 0 aliphatic heterocycles. The van der Waals surface area contributed by atoms with Crippen molar-refractivity contribution in [2.24, 2.45) is 0 Å². The first kappa shape index (κ1) is 20.2. The molecule has 156 valence electrons. The van der Waals surface area contributed by atoms with E-state index in [0.717, 1.165) is 12.1 Å². The Morgan fingerprint density at radius 1 is 0.806 bits per heavy atom. The van der Waals surface area contributed by atoms with Gasteiger partial charge < -0.3 is 15.2 Å². The van der Waals surface area contributed by atoms with Gasteiger partial charge in [0.25, 0.3) is 0 Å². The number of halogens is 2. The number of pyridine rings is 1. The van der Waals surface area contributed by atoms with Gasteiger partial charge in [0.05, 0.1) is 17.6 Å². The van der Waals surface area contributed by atoms with Crippen molar-refractivity contribution in [1.29, 1.82) is 0 Å². The molecule has 4 rings (SSSR count). The molecule has 0 unspecified atom stereocenters. The van der Waals surface area contributed by atoms with Crippen LogP contribution >= 0.6 is 0 Å². The van der Waals surface area contributed by atoms with Crippen molar-refractivity contribution < 1.29 is 18.4 Å². The van der Waals surface area contributed by atoms with Crippen molar-refractivity contribution in [2.45, 2.75) is 6.54 Å². The number of para-hydroxylation sites is 2. The Kier molecular flexibility index (Phi) is 5.44. The first-order valence-electron chi connectivity index (χ1n) is 9.46. The Balaban J connectivity index is 1.52. The summed E-state index contributed by atoms with van der Waals surface area (Å²) in [6.45, 7) is -0.465. The Morgan fingerprint density at radius 2 is 1.42 bits per heavy atom. The van der Waals surface area contributed by atoms with Crippen LogP contribution in [0.5, 0.6) is 0 Å². The van der Waals surface area contributed by atoms with Gasteiger partial charge in [-0.3, -0.25) is 14.4 Å². The summed E-state index contributed by atoms with van der Waals surface area (Å²) in [6, 6.07) is 17.0. The highest BCUT2D eigenvalue weighted by Crippen LogP contribution is 2.19. The summed E-state index contributed by atoms with van der Waals surface area (Å²) < 4.78 is 27.9. The maximum absolute atomic E-state index is 13.2. The number of aromatic nitrogens is 1. The van der Waals surface area contributed by atoms with Gasteiger partial charge in [0, 0.05) is 22.5 Å². The Labute approximate surface area is 175 Å². The molecule has 4 aromatic rings. The van der Waals surface area contributed by atoms with Crippen molar-refractivity contribution >= 4 is 39.3 Å². The molecule has 0 aliphatic carbocycles. The molecule has 6 nitrogen and oxygen atoms in total. The van der Waals surface area contributed by atoms with E-state index >= 15 is 0 Å². The Hall–Kier alpha value is -4.07. The highest BCUT2D eigenvalue weighted by Gasteiger charge is 2.14. The molecule has 0 aliphatic rings. The minimum Gasteiger partial charge on any atom is -0.345 e. The van der Waals surface area contributed by atoms with E-state index in [1.54, 1.807) is 53.1 Å². The van der Waals surface area contributed by atoms with Crippen LogP contribution < -0.4 is 16.1 Å². The molecule has 2 N–H and O–H groups in total. The summed E-state index contributed by atoms with van der Waals surface area (Å²) in [5.41, 5.74) is 1.17.